The summed E-state index contributed by atoms with van der Waals surface area (Å²) >= 11 is 0. The van der Waals surface area contributed by atoms with Crippen LogP contribution < -0.4 is 10.3 Å². The number of aromatic nitrogens is 1. The zero-order chi connectivity index (χ0) is 27.3. The van der Waals surface area contributed by atoms with Crippen LogP contribution in [0.2, 0.25) is 0 Å². The van der Waals surface area contributed by atoms with Crippen LogP contribution in [0.5, 0.6) is 0 Å². The van der Waals surface area contributed by atoms with Gasteiger partial charge in [0.05, 0.1) is 15.4 Å². The van der Waals surface area contributed by atoms with Gasteiger partial charge in [-0.15, -0.1) is 0 Å². The van der Waals surface area contributed by atoms with E-state index in [4.69, 9.17) is 14.8 Å². The highest BCUT2D eigenvalue weighted by Crippen LogP contribution is 2.40. The highest BCUT2D eigenvalue weighted by molar-refractivity contribution is 7.89. The fourth-order valence-electron chi connectivity index (χ4n) is 3.66. The molecule has 0 saturated heterocycles. The van der Waals surface area contributed by atoms with Crippen LogP contribution in [0, 0.1) is 33.6 Å². The molecule has 194 valence electrons. The molecule has 0 fully saturated rings. The first-order chi connectivity index (χ1) is 16.1. The summed E-state index contributed by atoms with van der Waals surface area (Å²) in [6, 6.07) is 7.72. The van der Waals surface area contributed by atoms with Crippen molar-refractivity contribution in [3.05, 3.63) is 52.8 Å². The second-order valence-corrected chi connectivity index (χ2v) is 11.7. The first kappa shape index (κ1) is 30.5. The smallest absolute Gasteiger partial charge is 0.238 e. The van der Waals surface area contributed by atoms with Crippen LogP contribution in [0.4, 0.5) is 0 Å². The fraction of sp³-hybridized carbons (Fsp3) is 0.400. The summed E-state index contributed by atoms with van der Waals surface area (Å²) in [5.74, 6) is 1.33. The predicted molar refractivity (Wildman–Crippen MR) is 141 cm³/mol. The third kappa shape index (κ3) is 7.47. The number of aryl methyl sites for hydroxylation is 3. The zero-order valence-electron chi connectivity index (χ0n) is 21.9. The van der Waals surface area contributed by atoms with Crippen molar-refractivity contribution in [2.45, 2.75) is 72.1 Å². The minimum absolute atomic E-state index is 0.0175. The third-order valence-corrected chi connectivity index (χ3v) is 6.88. The topological polar surface area (TPSA) is 146 Å². The van der Waals surface area contributed by atoms with E-state index in [2.05, 4.69) is 25.9 Å². The molecule has 0 aliphatic heterocycles. The molecule has 2 aromatic carbocycles. The lowest BCUT2D eigenvalue weighted by atomic mass is 9.92. The summed E-state index contributed by atoms with van der Waals surface area (Å²) in [5, 5.41) is 14.7. The van der Waals surface area contributed by atoms with E-state index in [0.717, 1.165) is 11.5 Å². The molecule has 4 N–H and O–H groups in total. The highest BCUT2D eigenvalue weighted by atomic mass is 32.2. The van der Waals surface area contributed by atoms with E-state index < -0.39 is 20.0 Å². The fourth-order valence-corrected chi connectivity index (χ4v) is 5.22. The molecule has 1 heterocycles. The van der Waals surface area contributed by atoms with Crippen molar-refractivity contribution in [2.24, 2.45) is 16.2 Å². The number of nitrogens with zero attached hydrogens (tertiary/aromatic N) is 1. The molecular weight excluding hydrogens is 486 g/mol. The van der Waals surface area contributed by atoms with Crippen molar-refractivity contribution in [1.29, 1.82) is 0 Å². The van der Waals surface area contributed by atoms with Crippen LogP contribution in [0.3, 0.4) is 0 Å². The number of hydrogen-bond donors (Lipinski definition) is 2. The van der Waals surface area contributed by atoms with Gasteiger partial charge in [-0.05, 0) is 68.0 Å². The number of primary sulfonamides is 2. The van der Waals surface area contributed by atoms with E-state index in [-0.39, 0.29) is 9.79 Å². The summed E-state index contributed by atoms with van der Waals surface area (Å²) in [6.07, 6.45) is 0. The molecule has 0 bridgehead atoms. The minimum Gasteiger partial charge on any atom is -0.360 e. The number of rotatable bonds is 4. The van der Waals surface area contributed by atoms with E-state index in [0.29, 0.717) is 39.3 Å². The van der Waals surface area contributed by atoms with Gasteiger partial charge < -0.3 is 4.52 Å². The van der Waals surface area contributed by atoms with Crippen molar-refractivity contribution in [3.63, 3.8) is 0 Å². The van der Waals surface area contributed by atoms with Gasteiger partial charge in [0.15, 0.2) is 0 Å². The molecular formula is C25H37N3O5S2. The Hall–Kier alpha value is -2.53. The maximum Gasteiger partial charge on any atom is 0.238 e. The standard InChI is InChI=1S/C19H21N3O5S2.C4H10.C2H6/c1-10-9-11(2)19(29(21,25)26)12(3)16(10)18-17(13(4)27-22-18)14-5-7-15(8-6-14)28(20,23)24;1-4(2)3;1-2/h5-9H,1-4H3,(H2,20,23,24)(H2,21,25,26);4H,1-3H3;1-2H3. The van der Waals surface area contributed by atoms with Crippen molar-refractivity contribution in [3.8, 4) is 22.4 Å². The molecule has 0 amide bonds. The van der Waals surface area contributed by atoms with Gasteiger partial charge in [0.1, 0.15) is 11.5 Å². The van der Waals surface area contributed by atoms with Gasteiger partial charge in [-0.3, -0.25) is 0 Å². The van der Waals surface area contributed by atoms with Gasteiger partial charge >= 0.3 is 0 Å². The Balaban J connectivity index is 0.000000926. The van der Waals surface area contributed by atoms with Crippen molar-refractivity contribution < 1.29 is 21.4 Å². The molecule has 1 aromatic heterocycles. The largest absolute Gasteiger partial charge is 0.360 e. The number of nitrogens with two attached hydrogens (primary N) is 2. The summed E-state index contributed by atoms with van der Waals surface area (Å²) in [7, 11) is -7.76. The van der Waals surface area contributed by atoms with E-state index in [1.54, 1.807) is 39.0 Å². The molecule has 3 rings (SSSR count). The van der Waals surface area contributed by atoms with Crippen molar-refractivity contribution >= 4 is 20.0 Å². The predicted octanol–water partition coefficient (Wildman–Crippen LogP) is 5.23. The Morgan fingerprint density at radius 3 is 1.71 bits per heavy atom. The van der Waals surface area contributed by atoms with Crippen LogP contribution in [0.1, 0.15) is 57.1 Å². The zero-order valence-corrected chi connectivity index (χ0v) is 23.6. The highest BCUT2D eigenvalue weighted by Gasteiger charge is 2.25. The monoisotopic (exact) mass is 523 g/mol. The SMILES string of the molecule is CC.CC(C)C.Cc1cc(C)c(S(N)(=O)=O)c(C)c1-c1noc(C)c1-c1ccc(S(N)(=O)=O)cc1. The molecule has 0 aliphatic rings. The summed E-state index contributed by atoms with van der Waals surface area (Å²) in [5.41, 5.74) is 4.16. The van der Waals surface area contributed by atoms with Crippen LogP contribution in [0.15, 0.2) is 44.6 Å². The summed E-state index contributed by atoms with van der Waals surface area (Å²) in [6.45, 7) is 17.4. The van der Waals surface area contributed by atoms with Gasteiger partial charge in [-0.2, -0.15) is 0 Å². The van der Waals surface area contributed by atoms with Crippen molar-refractivity contribution in [2.75, 3.05) is 0 Å². The minimum atomic E-state index is -3.94. The van der Waals surface area contributed by atoms with Gasteiger partial charge in [0.25, 0.3) is 0 Å². The van der Waals surface area contributed by atoms with Crippen molar-refractivity contribution in [1.82, 2.24) is 5.16 Å². The normalized spacial score (nSPS) is 11.4. The first-order valence-corrected chi connectivity index (χ1v) is 14.4. The van der Waals surface area contributed by atoms with Crippen LogP contribution in [-0.4, -0.2) is 22.0 Å². The van der Waals surface area contributed by atoms with E-state index >= 15 is 0 Å². The third-order valence-electron chi connectivity index (χ3n) is 4.76. The van der Waals surface area contributed by atoms with Gasteiger partial charge in [-0.25, -0.2) is 27.1 Å². The Morgan fingerprint density at radius 2 is 1.29 bits per heavy atom. The molecule has 0 aliphatic carbocycles. The van der Waals surface area contributed by atoms with Crippen LogP contribution in [0.25, 0.3) is 22.4 Å². The molecule has 0 unspecified atom stereocenters. The lowest BCUT2D eigenvalue weighted by molar-refractivity contribution is 0.400. The molecule has 0 radical (unpaired) electrons. The van der Waals surface area contributed by atoms with Gasteiger partial charge in [-0.1, -0.05) is 58.0 Å². The van der Waals surface area contributed by atoms with E-state index in [9.17, 15) is 16.8 Å². The van der Waals surface area contributed by atoms with E-state index in [1.807, 2.05) is 20.8 Å². The number of benzene rings is 2. The molecule has 0 saturated carbocycles. The summed E-state index contributed by atoms with van der Waals surface area (Å²) < 4.78 is 52.7. The molecule has 8 nitrogen and oxygen atoms in total. The second kappa shape index (κ2) is 11.9. The molecule has 10 heteroatoms. The maximum absolute atomic E-state index is 12.1. The van der Waals surface area contributed by atoms with Crippen LogP contribution in [-0.2, 0) is 20.0 Å². The Kier molecular flexibility index (Phi) is 10.4. The Labute approximate surface area is 209 Å². The lowest BCUT2D eigenvalue weighted by Gasteiger charge is -2.15. The average Bonchev–Trinajstić information content (AvgIpc) is 3.08. The second-order valence-electron chi connectivity index (χ2n) is 8.65. The molecule has 0 atom stereocenters. The average molecular weight is 524 g/mol. The quantitative estimate of drug-likeness (QED) is 0.479. The van der Waals surface area contributed by atoms with Gasteiger partial charge in [0.2, 0.25) is 20.0 Å². The Bertz CT molecular complexity index is 1370. The number of hydrogen-bond acceptors (Lipinski definition) is 6. The maximum atomic E-state index is 12.1. The lowest BCUT2D eigenvalue weighted by Crippen LogP contribution is -2.16. The molecule has 0 spiro atoms. The van der Waals surface area contributed by atoms with E-state index in [1.165, 1.54) is 12.1 Å². The first-order valence-electron chi connectivity index (χ1n) is 11.3. The van der Waals surface area contributed by atoms with Crippen LogP contribution >= 0.6 is 0 Å². The van der Waals surface area contributed by atoms with Gasteiger partial charge in [0, 0.05) is 5.56 Å². The Morgan fingerprint density at radius 1 is 0.800 bits per heavy atom. The summed E-state index contributed by atoms with van der Waals surface area (Å²) in [4.78, 5) is 0.0328. The number of sulfonamides is 2. The molecule has 3 aromatic rings. The molecule has 35 heavy (non-hydrogen) atoms.